The summed E-state index contributed by atoms with van der Waals surface area (Å²) in [5.74, 6) is -0.240. The van der Waals surface area contributed by atoms with Gasteiger partial charge in [-0.05, 0) is 26.8 Å². The van der Waals surface area contributed by atoms with E-state index in [9.17, 15) is 4.79 Å². The number of oxime groups is 1. The van der Waals surface area contributed by atoms with Crippen molar-refractivity contribution in [2.24, 2.45) is 10.9 Å². The van der Waals surface area contributed by atoms with E-state index in [-0.39, 0.29) is 24.2 Å². The Bertz CT molecular complexity index is 280. The largest absolute Gasteiger partial charge is 0.409 e. The summed E-state index contributed by atoms with van der Waals surface area (Å²) in [6.07, 6.45) is 1.85. The van der Waals surface area contributed by atoms with Gasteiger partial charge in [0.1, 0.15) is 5.84 Å². The number of amides is 1. The molecule has 0 bridgehead atoms. The van der Waals surface area contributed by atoms with Crippen molar-refractivity contribution < 1.29 is 10.0 Å². The third-order valence-corrected chi connectivity index (χ3v) is 3.04. The van der Waals surface area contributed by atoms with Gasteiger partial charge in [-0.2, -0.15) is 0 Å². The second-order valence-corrected chi connectivity index (χ2v) is 4.39. The Labute approximate surface area is 95.5 Å². The molecule has 0 aromatic heterocycles. The minimum absolute atomic E-state index is 0.0444. The molecule has 6 nitrogen and oxygen atoms in total. The molecule has 0 aliphatic carbocycles. The molecule has 1 fully saturated rings. The second kappa shape index (κ2) is 5.69. The van der Waals surface area contributed by atoms with Gasteiger partial charge in [-0.25, -0.2) is 0 Å². The van der Waals surface area contributed by atoms with Crippen LogP contribution in [0.1, 0.15) is 26.2 Å². The van der Waals surface area contributed by atoms with Crippen LogP contribution in [-0.2, 0) is 4.79 Å². The first kappa shape index (κ1) is 12.8. The summed E-state index contributed by atoms with van der Waals surface area (Å²) in [5.41, 5.74) is 5.26. The highest BCUT2D eigenvalue weighted by molar-refractivity contribution is 5.98. The summed E-state index contributed by atoms with van der Waals surface area (Å²) < 4.78 is 0. The Morgan fingerprint density at radius 2 is 2.38 bits per heavy atom. The van der Waals surface area contributed by atoms with Crippen molar-refractivity contribution in [3.05, 3.63) is 0 Å². The molecule has 2 atom stereocenters. The normalized spacial score (nSPS) is 27.8. The molecule has 0 saturated carbocycles. The molecule has 1 rings (SSSR count). The summed E-state index contributed by atoms with van der Waals surface area (Å²) in [5, 5.41) is 14.0. The van der Waals surface area contributed by atoms with Crippen molar-refractivity contribution >= 4 is 11.7 Å². The van der Waals surface area contributed by atoms with Gasteiger partial charge in [-0.15, -0.1) is 0 Å². The van der Waals surface area contributed by atoms with Crippen LogP contribution in [0.5, 0.6) is 0 Å². The fraction of sp³-hybridized carbons (Fsp3) is 0.800. The topological polar surface area (TPSA) is 91.0 Å². The van der Waals surface area contributed by atoms with E-state index < -0.39 is 0 Å². The minimum atomic E-state index is -0.183. The lowest BCUT2D eigenvalue weighted by atomic mass is 9.99. The van der Waals surface area contributed by atoms with E-state index in [1.165, 1.54) is 0 Å². The molecule has 6 heteroatoms. The summed E-state index contributed by atoms with van der Waals surface area (Å²) in [4.78, 5) is 13.7. The Hall–Kier alpha value is -1.30. The van der Waals surface area contributed by atoms with Crippen LogP contribution in [0.3, 0.4) is 0 Å². The summed E-state index contributed by atoms with van der Waals surface area (Å²) >= 11 is 0. The van der Waals surface area contributed by atoms with E-state index in [2.05, 4.69) is 29.3 Å². The number of hydrogen-bond acceptors (Lipinski definition) is 4. The molecule has 1 amide bonds. The molecule has 1 heterocycles. The molecule has 0 aromatic carbocycles. The maximum absolute atomic E-state index is 11.5. The van der Waals surface area contributed by atoms with Crippen LogP contribution in [0.4, 0.5) is 0 Å². The highest BCUT2D eigenvalue weighted by atomic mass is 16.4. The zero-order valence-corrected chi connectivity index (χ0v) is 9.81. The summed E-state index contributed by atoms with van der Waals surface area (Å²) in [6, 6.07) is 0.674. The SMILES string of the molecule is CC1CC(NC(=O)CC(N)=NO)CCN1C. The average Bonchev–Trinajstić information content (AvgIpc) is 2.23. The van der Waals surface area contributed by atoms with E-state index in [0.29, 0.717) is 6.04 Å². The van der Waals surface area contributed by atoms with E-state index in [4.69, 9.17) is 10.9 Å². The zero-order valence-electron chi connectivity index (χ0n) is 9.81. The van der Waals surface area contributed by atoms with Gasteiger partial charge >= 0.3 is 0 Å². The molecule has 2 unspecified atom stereocenters. The first-order valence-corrected chi connectivity index (χ1v) is 5.49. The standard InChI is InChI=1S/C10H20N4O2/c1-7-5-8(3-4-14(7)2)12-10(15)6-9(11)13-16/h7-8,16H,3-6H2,1-2H3,(H2,11,13)(H,12,15). The molecule has 4 N–H and O–H groups in total. The molecule has 16 heavy (non-hydrogen) atoms. The molecular formula is C10H20N4O2. The lowest BCUT2D eigenvalue weighted by Gasteiger charge is -2.35. The van der Waals surface area contributed by atoms with E-state index in [1.807, 2.05) is 0 Å². The first-order valence-electron chi connectivity index (χ1n) is 5.49. The van der Waals surface area contributed by atoms with Crippen molar-refractivity contribution in [3.63, 3.8) is 0 Å². The van der Waals surface area contributed by atoms with Crippen LogP contribution < -0.4 is 11.1 Å². The smallest absolute Gasteiger partial charge is 0.227 e. The molecule has 1 aliphatic heterocycles. The van der Waals surface area contributed by atoms with Crippen molar-refractivity contribution in [1.29, 1.82) is 0 Å². The second-order valence-electron chi connectivity index (χ2n) is 4.39. The molecule has 0 aromatic rings. The molecule has 92 valence electrons. The molecule has 1 saturated heterocycles. The van der Waals surface area contributed by atoms with Gasteiger partial charge < -0.3 is 21.2 Å². The molecule has 0 radical (unpaired) electrons. The zero-order chi connectivity index (χ0) is 12.1. The Balaban J connectivity index is 2.35. The van der Waals surface area contributed by atoms with E-state index in [1.54, 1.807) is 0 Å². The number of nitrogens with one attached hydrogen (secondary N) is 1. The number of piperidine rings is 1. The number of nitrogens with two attached hydrogens (primary N) is 1. The van der Waals surface area contributed by atoms with Crippen LogP contribution in [-0.4, -0.2) is 47.5 Å². The minimum Gasteiger partial charge on any atom is -0.409 e. The van der Waals surface area contributed by atoms with Crippen LogP contribution in [0.25, 0.3) is 0 Å². The molecule has 0 spiro atoms. The van der Waals surface area contributed by atoms with Gasteiger partial charge in [0.2, 0.25) is 5.91 Å². The van der Waals surface area contributed by atoms with E-state index >= 15 is 0 Å². The maximum Gasteiger partial charge on any atom is 0.227 e. The van der Waals surface area contributed by atoms with Crippen molar-refractivity contribution in [2.75, 3.05) is 13.6 Å². The quantitative estimate of drug-likeness (QED) is 0.268. The number of hydrogen-bond donors (Lipinski definition) is 3. The fourth-order valence-electron chi connectivity index (χ4n) is 1.90. The monoisotopic (exact) mass is 228 g/mol. The lowest BCUT2D eigenvalue weighted by Crippen LogP contribution is -2.47. The third kappa shape index (κ3) is 3.69. The molecule has 1 aliphatic rings. The van der Waals surface area contributed by atoms with E-state index in [0.717, 1.165) is 19.4 Å². The summed E-state index contributed by atoms with van der Waals surface area (Å²) in [6.45, 7) is 3.12. The lowest BCUT2D eigenvalue weighted by molar-refractivity contribution is -0.121. The highest BCUT2D eigenvalue weighted by Crippen LogP contribution is 2.15. The Morgan fingerprint density at radius 1 is 1.69 bits per heavy atom. The Morgan fingerprint density at radius 3 is 2.94 bits per heavy atom. The van der Waals surface area contributed by atoms with Gasteiger partial charge in [0, 0.05) is 18.6 Å². The predicted molar refractivity (Wildman–Crippen MR) is 61.3 cm³/mol. The molecular weight excluding hydrogens is 208 g/mol. The van der Waals surface area contributed by atoms with Crippen LogP contribution in [0.15, 0.2) is 5.16 Å². The Kier molecular flexibility index (Phi) is 4.54. The van der Waals surface area contributed by atoms with Crippen LogP contribution in [0.2, 0.25) is 0 Å². The van der Waals surface area contributed by atoms with Crippen LogP contribution in [0, 0.1) is 0 Å². The van der Waals surface area contributed by atoms with Crippen molar-refractivity contribution in [1.82, 2.24) is 10.2 Å². The van der Waals surface area contributed by atoms with Crippen molar-refractivity contribution in [2.45, 2.75) is 38.3 Å². The number of likely N-dealkylation sites (tertiary alicyclic amines) is 1. The fourth-order valence-corrected chi connectivity index (χ4v) is 1.90. The van der Waals surface area contributed by atoms with Gasteiger partial charge in [-0.3, -0.25) is 4.79 Å². The first-order chi connectivity index (χ1) is 7.52. The number of amidine groups is 1. The number of carbonyl (C=O) groups is 1. The van der Waals surface area contributed by atoms with Gasteiger partial charge in [-0.1, -0.05) is 5.16 Å². The number of carbonyl (C=O) groups excluding carboxylic acids is 1. The average molecular weight is 228 g/mol. The van der Waals surface area contributed by atoms with Gasteiger partial charge in [0.25, 0.3) is 0 Å². The van der Waals surface area contributed by atoms with Crippen LogP contribution >= 0.6 is 0 Å². The number of nitrogens with zero attached hydrogens (tertiary/aromatic N) is 2. The maximum atomic E-state index is 11.5. The van der Waals surface area contributed by atoms with Gasteiger partial charge in [0.05, 0.1) is 6.42 Å². The summed E-state index contributed by atoms with van der Waals surface area (Å²) in [7, 11) is 2.08. The number of rotatable bonds is 3. The van der Waals surface area contributed by atoms with Gasteiger partial charge in [0.15, 0.2) is 0 Å². The third-order valence-electron chi connectivity index (χ3n) is 3.04. The highest BCUT2D eigenvalue weighted by Gasteiger charge is 2.23. The van der Waals surface area contributed by atoms with Crippen molar-refractivity contribution in [3.8, 4) is 0 Å². The predicted octanol–water partition coefficient (Wildman–Crippen LogP) is -0.278.